The molecule has 0 unspecified atom stereocenters. The van der Waals surface area contributed by atoms with Crippen LogP contribution in [0.5, 0.6) is 17.2 Å². The normalized spacial score (nSPS) is 11.0. The lowest BCUT2D eigenvalue weighted by atomic mass is 9.87. The van der Waals surface area contributed by atoms with E-state index < -0.39 is 12.6 Å². The minimum absolute atomic E-state index is 0.0909. The Kier molecular flexibility index (Phi) is 7.95. The van der Waals surface area contributed by atoms with Crippen LogP contribution in [0.25, 0.3) is 0 Å². The van der Waals surface area contributed by atoms with Gasteiger partial charge >= 0.3 is 5.97 Å². The molecule has 0 aliphatic rings. The van der Waals surface area contributed by atoms with Gasteiger partial charge in [0.15, 0.2) is 6.61 Å². The fourth-order valence-corrected chi connectivity index (χ4v) is 3.28. The average molecular weight is 463 g/mol. The number of hydrogen-bond acceptors (Lipinski definition) is 6. The Hall–Kier alpha value is -3.80. The summed E-state index contributed by atoms with van der Waals surface area (Å²) in [6, 6.07) is 19.8. The third-order valence-electron chi connectivity index (χ3n) is 5.36. The first-order chi connectivity index (χ1) is 16.2. The average Bonchev–Trinajstić information content (AvgIpc) is 2.85. The molecule has 0 radical (unpaired) electrons. The molecule has 3 aromatic carbocycles. The molecule has 0 saturated carbocycles. The van der Waals surface area contributed by atoms with Crippen molar-refractivity contribution in [2.75, 3.05) is 20.8 Å². The van der Waals surface area contributed by atoms with Crippen molar-refractivity contribution in [3.63, 3.8) is 0 Å². The second kappa shape index (κ2) is 10.9. The van der Waals surface area contributed by atoms with Crippen LogP contribution in [0.15, 0.2) is 66.7 Å². The molecule has 3 rings (SSSR count). The van der Waals surface area contributed by atoms with Gasteiger partial charge in [-0.1, -0.05) is 45.0 Å². The first-order valence-electron chi connectivity index (χ1n) is 11.0. The molecule has 34 heavy (non-hydrogen) atoms. The Morgan fingerprint density at radius 2 is 1.44 bits per heavy atom. The molecule has 0 amide bonds. The fourth-order valence-electron chi connectivity index (χ4n) is 3.28. The maximum absolute atomic E-state index is 12.5. The van der Waals surface area contributed by atoms with E-state index in [-0.39, 0.29) is 16.8 Å². The van der Waals surface area contributed by atoms with Crippen LogP contribution in [0.4, 0.5) is 0 Å². The third kappa shape index (κ3) is 6.38. The lowest BCUT2D eigenvalue weighted by Gasteiger charge is -2.19. The summed E-state index contributed by atoms with van der Waals surface area (Å²) in [7, 11) is 2.98. The van der Waals surface area contributed by atoms with E-state index in [0.717, 1.165) is 11.3 Å². The molecule has 0 bridgehead atoms. The summed E-state index contributed by atoms with van der Waals surface area (Å²) in [5.74, 6) is 0.715. The Labute approximate surface area is 200 Å². The van der Waals surface area contributed by atoms with Gasteiger partial charge in [0, 0.05) is 0 Å². The lowest BCUT2D eigenvalue weighted by molar-refractivity contribution is 0.0474. The summed E-state index contributed by atoms with van der Waals surface area (Å²) in [5.41, 5.74) is 2.88. The van der Waals surface area contributed by atoms with E-state index in [9.17, 15) is 9.59 Å². The molecule has 0 N–H and O–H groups in total. The number of Topliss-reactive ketones (excluding diaryl/α,β-unsaturated/α-hetero) is 1. The summed E-state index contributed by atoms with van der Waals surface area (Å²) < 4.78 is 21.4. The van der Waals surface area contributed by atoms with Gasteiger partial charge in [-0.25, -0.2) is 4.79 Å². The molecular weight excluding hydrogens is 432 g/mol. The number of benzene rings is 3. The van der Waals surface area contributed by atoms with E-state index >= 15 is 0 Å². The van der Waals surface area contributed by atoms with Crippen LogP contribution in [0, 0.1) is 0 Å². The van der Waals surface area contributed by atoms with Gasteiger partial charge in [-0.15, -0.1) is 0 Å². The van der Waals surface area contributed by atoms with Crippen molar-refractivity contribution in [2.45, 2.75) is 32.8 Å². The van der Waals surface area contributed by atoms with Gasteiger partial charge in [-0.3, -0.25) is 4.79 Å². The molecule has 0 aliphatic carbocycles. The zero-order valence-corrected chi connectivity index (χ0v) is 20.2. The topological polar surface area (TPSA) is 71.1 Å². The lowest BCUT2D eigenvalue weighted by Crippen LogP contribution is -2.15. The van der Waals surface area contributed by atoms with Gasteiger partial charge in [-0.2, -0.15) is 0 Å². The van der Waals surface area contributed by atoms with Crippen LogP contribution in [-0.2, 0) is 16.8 Å². The summed E-state index contributed by atoms with van der Waals surface area (Å²) >= 11 is 0. The van der Waals surface area contributed by atoms with Gasteiger partial charge in [0.1, 0.15) is 23.9 Å². The van der Waals surface area contributed by atoms with Crippen molar-refractivity contribution in [1.29, 1.82) is 0 Å². The number of rotatable bonds is 9. The molecule has 0 spiro atoms. The van der Waals surface area contributed by atoms with Crippen molar-refractivity contribution < 1.29 is 28.5 Å². The van der Waals surface area contributed by atoms with Gasteiger partial charge in [-0.05, 0) is 59.0 Å². The number of carbonyl (C=O) groups is 2. The highest BCUT2D eigenvalue weighted by Crippen LogP contribution is 2.25. The standard InChI is InChI=1S/C28H30O6/c1-28(2,3)21-10-12-22(13-11-21)33-17-19-6-8-20(9-7-19)27(30)34-18-25(29)24-16-23(31-4)14-15-26(24)32-5/h6-16H,17-18H2,1-5H3. The molecular formula is C28H30O6. The second-order valence-corrected chi connectivity index (χ2v) is 8.83. The second-order valence-electron chi connectivity index (χ2n) is 8.83. The minimum atomic E-state index is -0.583. The maximum atomic E-state index is 12.5. The number of esters is 1. The van der Waals surface area contributed by atoms with Crippen molar-refractivity contribution in [2.24, 2.45) is 0 Å². The largest absolute Gasteiger partial charge is 0.497 e. The van der Waals surface area contributed by atoms with Crippen LogP contribution in [0.3, 0.4) is 0 Å². The smallest absolute Gasteiger partial charge is 0.338 e. The number of carbonyl (C=O) groups excluding carboxylic acids is 2. The van der Waals surface area contributed by atoms with E-state index in [1.165, 1.54) is 19.8 Å². The molecule has 6 nitrogen and oxygen atoms in total. The molecule has 178 valence electrons. The molecule has 0 fully saturated rings. The minimum Gasteiger partial charge on any atom is -0.497 e. The molecule has 0 heterocycles. The number of ether oxygens (including phenoxy) is 4. The maximum Gasteiger partial charge on any atom is 0.338 e. The van der Waals surface area contributed by atoms with Crippen LogP contribution >= 0.6 is 0 Å². The molecule has 0 saturated heterocycles. The van der Waals surface area contributed by atoms with Gasteiger partial charge in [0.2, 0.25) is 5.78 Å². The zero-order chi connectivity index (χ0) is 24.7. The highest BCUT2D eigenvalue weighted by Gasteiger charge is 2.17. The molecule has 6 heteroatoms. The highest BCUT2D eigenvalue weighted by molar-refractivity contribution is 6.01. The van der Waals surface area contributed by atoms with Crippen LogP contribution in [-0.4, -0.2) is 32.6 Å². The van der Waals surface area contributed by atoms with Crippen molar-refractivity contribution in [1.82, 2.24) is 0 Å². The zero-order valence-electron chi connectivity index (χ0n) is 20.2. The van der Waals surface area contributed by atoms with Gasteiger partial charge < -0.3 is 18.9 Å². The van der Waals surface area contributed by atoms with Gasteiger partial charge in [0.05, 0.1) is 25.3 Å². The van der Waals surface area contributed by atoms with E-state index in [1.807, 2.05) is 12.1 Å². The molecule has 3 aromatic rings. The number of methoxy groups -OCH3 is 2. The monoisotopic (exact) mass is 462 g/mol. The van der Waals surface area contributed by atoms with E-state index in [1.54, 1.807) is 42.5 Å². The predicted octanol–water partition coefficient (Wildman–Crippen LogP) is 5.62. The summed E-state index contributed by atoms with van der Waals surface area (Å²) in [5, 5.41) is 0. The number of hydrogen-bond donors (Lipinski definition) is 0. The fraction of sp³-hybridized carbons (Fsp3) is 0.286. The predicted molar refractivity (Wildman–Crippen MR) is 130 cm³/mol. The summed E-state index contributed by atoms with van der Waals surface area (Å²) in [6.07, 6.45) is 0. The van der Waals surface area contributed by atoms with Crippen molar-refractivity contribution >= 4 is 11.8 Å². The van der Waals surface area contributed by atoms with Crippen molar-refractivity contribution in [3.05, 3.63) is 89.0 Å². The molecule has 0 atom stereocenters. The molecule has 0 aromatic heterocycles. The van der Waals surface area contributed by atoms with Crippen LogP contribution < -0.4 is 14.2 Å². The van der Waals surface area contributed by atoms with E-state index in [4.69, 9.17) is 18.9 Å². The summed E-state index contributed by atoms with van der Waals surface area (Å²) in [4.78, 5) is 24.9. The highest BCUT2D eigenvalue weighted by atomic mass is 16.5. The first-order valence-corrected chi connectivity index (χ1v) is 11.0. The van der Waals surface area contributed by atoms with Crippen LogP contribution in [0.2, 0.25) is 0 Å². The third-order valence-corrected chi connectivity index (χ3v) is 5.36. The van der Waals surface area contributed by atoms with Gasteiger partial charge in [0.25, 0.3) is 0 Å². The Bertz CT molecular complexity index is 1130. The van der Waals surface area contributed by atoms with E-state index in [0.29, 0.717) is 23.7 Å². The SMILES string of the molecule is COc1ccc(OC)c(C(=O)COC(=O)c2ccc(COc3ccc(C(C)(C)C)cc3)cc2)c1. The molecule has 0 aliphatic heterocycles. The Morgan fingerprint density at radius 1 is 0.794 bits per heavy atom. The van der Waals surface area contributed by atoms with E-state index in [2.05, 4.69) is 32.9 Å². The van der Waals surface area contributed by atoms with Crippen molar-refractivity contribution in [3.8, 4) is 17.2 Å². The Balaban J connectivity index is 1.54. The van der Waals surface area contributed by atoms with Crippen LogP contribution in [0.1, 0.15) is 52.6 Å². The Morgan fingerprint density at radius 3 is 2.03 bits per heavy atom. The number of ketones is 1. The quantitative estimate of drug-likeness (QED) is 0.304. The summed E-state index contributed by atoms with van der Waals surface area (Å²) in [6.45, 7) is 6.47. The first kappa shape index (κ1) is 24.8.